The van der Waals surface area contributed by atoms with Gasteiger partial charge in [0.05, 0.1) is 12.0 Å². The van der Waals surface area contributed by atoms with Crippen molar-refractivity contribution in [2.24, 2.45) is 17.3 Å². The third-order valence-corrected chi connectivity index (χ3v) is 5.87. The van der Waals surface area contributed by atoms with Crippen molar-refractivity contribution in [3.05, 3.63) is 24.3 Å². The summed E-state index contributed by atoms with van der Waals surface area (Å²) >= 11 is 0. The van der Waals surface area contributed by atoms with E-state index in [1.54, 1.807) is 4.90 Å². The van der Waals surface area contributed by atoms with E-state index in [0.717, 1.165) is 25.2 Å². The van der Waals surface area contributed by atoms with Crippen LogP contribution >= 0.6 is 0 Å². The van der Waals surface area contributed by atoms with Crippen LogP contribution in [0.5, 0.6) is 5.75 Å². The third kappa shape index (κ3) is 3.17. The number of hydrogen-bond donors (Lipinski definition) is 2. The first kappa shape index (κ1) is 16.2. The van der Waals surface area contributed by atoms with Crippen LogP contribution in [0.15, 0.2) is 24.3 Å². The molecule has 0 bridgehead atoms. The molecule has 2 atom stereocenters. The fraction of sp³-hybridized carbons (Fsp3) is 0.579. The standard InChI is InChI=1S/C19H24N2O4/c22-17(23)19-9-1-2-14(19)10-21(12-19)18(24)20-15-5-7-16(8-6-15)25-11-13-3-4-13/h5-8,13-14H,1-4,9-12H2,(H,20,24)(H,22,23)/t14-,19+/m0/s1. The molecule has 2 aliphatic carbocycles. The molecule has 1 aliphatic heterocycles. The van der Waals surface area contributed by atoms with Crippen LogP contribution in [0, 0.1) is 17.3 Å². The lowest BCUT2D eigenvalue weighted by Crippen LogP contribution is -2.38. The molecule has 25 heavy (non-hydrogen) atoms. The summed E-state index contributed by atoms with van der Waals surface area (Å²) in [5, 5.41) is 12.5. The third-order valence-electron chi connectivity index (χ3n) is 5.87. The van der Waals surface area contributed by atoms with Crippen molar-refractivity contribution in [3.8, 4) is 5.75 Å². The minimum Gasteiger partial charge on any atom is -0.493 e. The van der Waals surface area contributed by atoms with E-state index < -0.39 is 11.4 Å². The molecular weight excluding hydrogens is 320 g/mol. The van der Waals surface area contributed by atoms with Crippen molar-refractivity contribution < 1.29 is 19.4 Å². The summed E-state index contributed by atoms with van der Waals surface area (Å²) < 4.78 is 5.69. The summed E-state index contributed by atoms with van der Waals surface area (Å²) in [5.74, 6) is 0.831. The molecule has 1 aromatic rings. The fourth-order valence-corrected chi connectivity index (χ4v) is 4.13. The molecule has 2 N–H and O–H groups in total. The number of hydrogen-bond acceptors (Lipinski definition) is 3. The van der Waals surface area contributed by atoms with Crippen LogP contribution in [0.25, 0.3) is 0 Å². The number of benzene rings is 1. The van der Waals surface area contributed by atoms with Gasteiger partial charge in [-0.05, 0) is 61.8 Å². The first-order valence-corrected chi connectivity index (χ1v) is 9.09. The predicted molar refractivity (Wildman–Crippen MR) is 92.7 cm³/mol. The molecule has 6 nitrogen and oxygen atoms in total. The molecule has 0 unspecified atom stereocenters. The van der Waals surface area contributed by atoms with Crippen molar-refractivity contribution in [1.82, 2.24) is 4.90 Å². The number of carboxylic acids is 1. The van der Waals surface area contributed by atoms with Crippen molar-refractivity contribution >= 4 is 17.7 Å². The van der Waals surface area contributed by atoms with Gasteiger partial charge < -0.3 is 20.1 Å². The molecule has 6 heteroatoms. The van der Waals surface area contributed by atoms with E-state index in [2.05, 4.69) is 5.32 Å². The van der Waals surface area contributed by atoms with E-state index >= 15 is 0 Å². The van der Waals surface area contributed by atoms with Crippen LogP contribution in [0.3, 0.4) is 0 Å². The minimum absolute atomic E-state index is 0.0777. The second-order valence-corrected chi connectivity index (χ2v) is 7.64. The molecule has 0 radical (unpaired) electrons. The van der Waals surface area contributed by atoms with E-state index in [0.29, 0.717) is 31.1 Å². The number of nitrogens with zero attached hydrogens (tertiary/aromatic N) is 1. The molecule has 0 aromatic heterocycles. The summed E-state index contributed by atoms with van der Waals surface area (Å²) in [6, 6.07) is 7.14. The number of amides is 2. The van der Waals surface area contributed by atoms with Gasteiger partial charge in [0.2, 0.25) is 0 Å². The molecule has 134 valence electrons. The number of ether oxygens (including phenoxy) is 1. The van der Waals surface area contributed by atoms with Gasteiger partial charge in [0.15, 0.2) is 0 Å². The Morgan fingerprint density at radius 1 is 1.24 bits per heavy atom. The Labute approximate surface area is 147 Å². The molecule has 0 spiro atoms. The molecule has 1 heterocycles. The van der Waals surface area contributed by atoms with Gasteiger partial charge in [-0.25, -0.2) is 4.79 Å². The molecule has 3 fully saturated rings. The van der Waals surface area contributed by atoms with Crippen molar-refractivity contribution in [3.63, 3.8) is 0 Å². The normalized spacial score (nSPS) is 27.8. The Morgan fingerprint density at radius 2 is 2.00 bits per heavy atom. The first-order chi connectivity index (χ1) is 12.1. The Hall–Kier alpha value is -2.24. The number of aliphatic carboxylic acids is 1. The lowest BCUT2D eigenvalue weighted by Gasteiger charge is -2.23. The number of carboxylic acid groups (broad SMARTS) is 1. The maximum Gasteiger partial charge on any atom is 0.321 e. The lowest BCUT2D eigenvalue weighted by atomic mass is 9.81. The summed E-state index contributed by atoms with van der Waals surface area (Å²) in [5.41, 5.74) is -0.0390. The van der Waals surface area contributed by atoms with E-state index in [4.69, 9.17) is 4.74 Å². The Bertz CT molecular complexity index is 671. The highest BCUT2D eigenvalue weighted by atomic mass is 16.5. The average Bonchev–Trinajstić information content (AvgIpc) is 3.20. The number of carbonyl (C=O) groups is 2. The number of carbonyl (C=O) groups excluding carboxylic acids is 1. The van der Waals surface area contributed by atoms with Crippen LogP contribution in [0.1, 0.15) is 32.1 Å². The second kappa shape index (κ2) is 6.24. The molecule has 4 rings (SSSR count). The molecular formula is C19H24N2O4. The van der Waals surface area contributed by atoms with Gasteiger partial charge in [0.1, 0.15) is 5.75 Å². The lowest BCUT2D eigenvalue weighted by molar-refractivity contribution is -0.149. The van der Waals surface area contributed by atoms with Crippen molar-refractivity contribution in [2.75, 3.05) is 25.0 Å². The van der Waals surface area contributed by atoms with Crippen molar-refractivity contribution in [1.29, 1.82) is 0 Å². The zero-order valence-electron chi connectivity index (χ0n) is 14.2. The molecule has 2 saturated carbocycles. The highest BCUT2D eigenvalue weighted by Gasteiger charge is 2.55. The Kier molecular flexibility index (Phi) is 4.06. The van der Waals surface area contributed by atoms with Crippen molar-refractivity contribution in [2.45, 2.75) is 32.1 Å². The minimum atomic E-state index is -0.762. The number of likely N-dealkylation sites (tertiary alicyclic amines) is 1. The maximum absolute atomic E-state index is 12.5. The van der Waals surface area contributed by atoms with Crippen LogP contribution < -0.4 is 10.1 Å². The maximum atomic E-state index is 12.5. The van der Waals surface area contributed by atoms with Crippen LogP contribution in [0.4, 0.5) is 10.5 Å². The Balaban J connectivity index is 1.35. The molecule has 1 aromatic carbocycles. The van der Waals surface area contributed by atoms with E-state index in [-0.39, 0.29) is 11.9 Å². The van der Waals surface area contributed by atoms with Gasteiger partial charge in [-0.2, -0.15) is 0 Å². The largest absolute Gasteiger partial charge is 0.493 e. The fourth-order valence-electron chi connectivity index (χ4n) is 4.13. The quantitative estimate of drug-likeness (QED) is 0.860. The molecule has 3 aliphatic rings. The van der Waals surface area contributed by atoms with Gasteiger partial charge >= 0.3 is 12.0 Å². The highest BCUT2D eigenvalue weighted by molar-refractivity contribution is 5.90. The monoisotopic (exact) mass is 344 g/mol. The van der Waals surface area contributed by atoms with E-state index in [1.165, 1.54) is 12.8 Å². The number of nitrogens with one attached hydrogen (secondary N) is 1. The second-order valence-electron chi connectivity index (χ2n) is 7.64. The zero-order valence-corrected chi connectivity index (χ0v) is 14.2. The molecule has 1 saturated heterocycles. The van der Waals surface area contributed by atoms with Crippen LogP contribution in [-0.4, -0.2) is 41.7 Å². The number of urea groups is 1. The summed E-state index contributed by atoms with van der Waals surface area (Å²) in [7, 11) is 0. The van der Waals surface area contributed by atoms with Gasteiger partial charge in [0, 0.05) is 18.8 Å². The Morgan fingerprint density at radius 3 is 2.64 bits per heavy atom. The van der Waals surface area contributed by atoms with Gasteiger partial charge in [-0.1, -0.05) is 6.42 Å². The number of anilines is 1. The summed E-state index contributed by atoms with van der Waals surface area (Å²) in [6.45, 7) is 1.60. The van der Waals surface area contributed by atoms with Crippen LogP contribution in [-0.2, 0) is 4.79 Å². The van der Waals surface area contributed by atoms with Gasteiger partial charge in [0.25, 0.3) is 0 Å². The van der Waals surface area contributed by atoms with Gasteiger partial charge in [-0.3, -0.25) is 4.79 Å². The highest BCUT2D eigenvalue weighted by Crippen LogP contribution is 2.48. The number of rotatable bonds is 5. The van der Waals surface area contributed by atoms with E-state index in [9.17, 15) is 14.7 Å². The van der Waals surface area contributed by atoms with E-state index in [1.807, 2.05) is 24.3 Å². The predicted octanol–water partition coefficient (Wildman–Crippen LogP) is 3.19. The van der Waals surface area contributed by atoms with Gasteiger partial charge in [-0.15, -0.1) is 0 Å². The number of fused-ring (bicyclic) bond motifs is 1. The topological polar surface area (TPSA) is 78.9 Å². The smallest absolute Gasteiger partial charge is 0.321 e. The SMILES string of the molecule is O=C(Nc1ccc(OCC2CC2)cc1)N1C[C@@H]2CCC[C@@]2(C(=O)O)C1. The van der Waals surface area contributed by atoms with Crippen LogP contribution in [0.2, 0.25) is 0 Å². The zero-order chi connectivity index (χ0) is 17.4. The first-order valence-electron chi connectivity index (χ1n) is 9.09. The summed E-state index contributed by atoms with van der Waals surface area (Å²) in [6.07, 6.45) is 5.01. The average molecular weight is 344 g/mol. The summed E-state index contributed by atoms with van der Waals surface area (Å²) in [4.78, 5) is 25.9. The molecule has 2 amide bonds.